The van der Waals surface area contributed by atoms with E-state index in [9.17, 15) is 0 Å². The highest BCUT2D eigenvalue weighted by Crippen LogP contribution is 2.28. The SMILES string of the molecule is CC[C@@H](c1nc(C)c(C)s1)n1cc(-c2ncc[nH]2)nn1. The van der Waals surface area contributed by atoms with Crippen molar-refractivity contribution in [3.8, 4) is 11.5 Å². The normalized spacial score (nSPS) is 12.8. The minimum atomic E-state index is 0.128. The van der Waals surface area contributed by atoms with Crippen molar-refractivity contribution in [3.63, 3.8) is 0 Å². The maximum atomic E-state index is 4.64. The van der Waals surface area contributed by atoms with Gasteiger partial charge in [-0.1, -0.05) is 12.1 Å². The molecule has 0 aromatic carbocycles. The third kappa shape index (κ3) is 2.24. The fourth-order valence-electron chi connectivity index (χ4n) is 2.06. The van der Waals surface area contributed by atoms with Gasteiger partial charge in [0.1, 0.15) is 16.7 Å². The second-order valence-electron chi connectivity index (χ2n) is 4.64. The summed E-state index contributed by atoms with van der Waals surface area (Å²) in [5, 5.41) is 9.49. The van der Waals surface area contributed by atoms with Crippen LogP contribution in [0.5, 0.6) is 0 Å². The predicted octanol–water partition coefficient (Wildman–Crippen LogP) is 2.74. The number of hydrogen-bond donors (Lipinski definition) is 1. The molecule has 3 heterocycles. The summed E-state index contributed by atoms with van der Waals surface area (Å²) in [6, 6.07) is 0.128. The van der Waals surface area contributed by atoms with Gasteiger partial charge in [0.25, 0.3) is 0 Å². The first-order valence-corrected chi connectivity index (χ1v) is 7.36. The molecule has 0 aliphatic carbocycles. The third-order valence-electron chi connectivity index (χ3n) is 3.29. The summed E-state index contributed by atoms with van der Waals surface area (Å²) in [5.41, 5.74) is 1.84. The van der Waals surface area contributed by atoms with E-state index in [1.54, 1.807) is 23.7 Å². The average molecular weight is 288 g/mol. The van der Waals surface area contributed by atoms with E-state index in [2.05, 4.69) is 39.1 Å². The summed E-state index contributed by atoms with van der Waals surface area (Å²) in [6.07, 6.45) is 6.32. The molecule has 0 saturated carbocycles. The topological polar surface area (TPSA) is 72.3 Å². The molecule has 1 atom stereocenters. The van der Waals surface area contributed by atoms with Crippen molar-refractivity contribution in [2.24, 2.45) is 0 Å². The van der Waals surface area contributed by atoms with Crippen molar-refractivity contribution in [1.29, 1.82) is 0 Å². The van der Waals surface area contributed by atoms with Gasteiger partial charge in [-0.05, 0) is 20.3 Å². The zero-order valence-corrected chi connectivity index (χ0v) is 12.5. The van der Waals surface area contributed by atoms with E-state index in [1.165, 1.54) is 4.88 Å². The molecule has 3 aromatic heterocycles. The summed E-state index contributed by atoms with van der Waals surface area (Å²) < 4.78 is 1.87. The fourth-order valence-corrected chi connectivity index (χ4v) is 3.16. The summed E-state index contributed by atoms with van der Waals surface area (Å²) >= 11 is 1.73. The van der Waals surface area contributed by atoms with Crippen molar-refractivity contribution in [2.45, 2.75) is 33.2 Å². The monoisotopic (exact) mass is 288 g/mol. The molecule has 0 fully saturated rings. The number of thiazole rings is 1. The van der Waals surface area contributed by atoms with Gasteiger partial charge in [0.05, 0.1) is 11.9 Å². The number of rotatable bonds is 4. The van der Waals surface area contributed by atoms with Crippen molar-refractivity contribution in [1.82, 2.24) is 29.9 Å². The van der Waals surface area contributed by atoms with Crippen molar-refractivity contribution in [2.75, 3.05) is 0 Å². The van der Waals surface area contributed by atoms with Crippen LogP contribution in [0.4, 0.5) is 0 Å². The van der Waals surface area contributed by atoms with Crippen LogP contribution >= 0.6 is 11.3 Å². The van der Waals surface area contributed by atoms with Crippen LogP contribution in [0, 0.1) is 13.8 Å². The van der Waals surface area contributed by atoms with Gasteiger partial charge in [-0.2, -0.15) is 0 Å². The minimum Gasteiger partial charge on any atom is -0.343 e. The first-order valence-electron chi connectivity index (χ1n) is 6.54. The molecule has 3 rings (SSSR count). The Kier molecular flexibility index (Phi) is 3.35. The summed E-state index contributed by atoms with van der Waals surface area (Å²) in [4.78, 5) is 13.1. The van der Waals surface area contributed by atoms with E-state index in [0.29, 0.717) is 0 Å². The number of imidazole rings is 1. The Morgan fingerprint density at radius 2 is 2.25 bits per heavy atom. The van der Waals surface area contributed by atoms with Crippen LogP contribution < -0.4 is 0 Å². The Morgan fingerprint density at radius 1 is 1.40 bits per heavy atom. The molecule has 0 amide bonds. The molecule has 0 unspecified atom stereocenters. The molecule has 7 heteroatoms. The second-order valence-corrected chi connectivity index (χ2v) is 5.87. The number of aryl methyl sites for hydroxylation is 2. The summed E-state index contributed by atoms with van der Waals surface area (Å²) in [5.74, 6) is 0.734. The highest BCUT2D eigenvalue weighted by atomic mass is 32.1. The number of nitrogens with one attached hydrogen (secondary N) is 1. The van der Waals surface area contributed by atoms with E-state index >= 15 is 0 Å². The molecular formula is C13H16N6S. The molecular weight excluding hydrogens is 272 g/mol. The van der Waals surface area contributed by atoms with Crippen LogP contribution in [0.3, 0.4) is 0 Å². The molecule has 0 saturated heterocycles. The lowest BCUT2D eigenvalue weighted by molar-refractivity contribution is 0.491. The first kappa shape index (κ1) is 13.0. The van der Waals surface area contributed by atoms with Gasteiger partial charge in [0.2, 0.25) is 0 Å². The molecule has 0 bridgehead atoms. The van der Waals surface area contributed by atoms with Crippen molar-refractivity contribution in [3.05, 3.63) is 34.2 Å². The lowest BCUT2D eigenvalue weighted by Gasteiger charge is -2.11. The lowest BCUT2D eigenvalue weighted by Crippen LogP contribution is -2.10. The maximum absolute atomic E-state index is 4.64. The van der Waals surface area contributed by atoms with Crippen LogP contribution in [0.2, 0.25) is 0 Å². The molecule has 0 spiro atoms. The van der Waals surface area contributed by atoms with Crippen LogP contribution in [0.15, 0.2) is 18.6 Å². The highest BCUT2D eigenvalue weighted by molar-refractivity contribution is 7.11. The van der Waals surface area contributed by atoms with Crippen LogP contribution in [0.1, 0.15) is 35.0 Å². The molecule has 3 aromatic rings. The van der Waals surface area contributed by atoms with Crippen LogP contribution in [-0.2, 0) is 0 Å². The zero-order chi connectivity index (χ0) is 14.1. The van der Waals surface area contributed by atoms with Crippen LogP contribution in [0.25, 0.3) is 11.5 Å². The quantitative estimate of drug-likeness (QED) is 0.801. The zero-order valence-electron chi connectivity index (χ0n) is 11.7. The number of H-pyrrole nitrogens is 1. The lowest BCUT2D eigenvalue weighted by atomic mass is 10.2. The largest absolute Gasteiger partial charge is 0.343 e. The number of aromatic nitrogens is 6. The average Bonchev–Trinajstić information content (AvgIpc) is 3.13. The highest BCUT2D eigenvalue weighted by Gasteiger charge is 2.19. The van der Waals surface area contributed by atoms with E-state index in [-0.39, 0.29) is 6.04 Å². The fraction of sp³-hybridized carbons (Fsp3) is 0.385. The predicted molar refractivity (Wildman–Crippen MR) is 77.6 cm³/mol. The summed E-state index contributed by atoms with van der Waals surface area (Å²) in [7, 11) is 0. The molecule has 20 heavy (non-hydrogen) atoms. The van der Waals surface area contributed by atoms with E-state index in [4.69, 9.17) is 0 Å². The second kappa shape index (κ2) is 5.16. The molecule has 6 nitrogen and oxygen atoms in total. The van der Waals surface area contributed by atoms with Gasteiger partial charge in [0.15, 0.2) is 5.82 Å². The number of hydrogen-bond acceptors (Lipinski definition) is 5. The smallest absolute Gasteiger partial charge is 0.159 e. The molecule has 0 radical (unpaired) electrons. The first-order chi connectivity index (χ1) is 9.69. The van der Waals surface area contributed by atoms with Gasteiger partial charge in [-0.3, -0.25) is 0 Å². The Morgan fingerprint density at radius 3 is 2.85 bits per heavy atom. The minimum absolute atomic E-state index is 0.128. The van der Waals surface area contributed by atoms with Gasteiger partial charge in [-0.15, -0.1) is 16.4 Å². The molecule has 1 N–H and O–H groups in total. The van der Waals surface area contributed by atoms with Gasteiger partial charge in [0, 0.05) is 17.3 Å². The van der Waals surface area contributed by atoms with Gasteiger partial charge >= 0.3 is 0 Å². The van der Waals surface area contributed by atoms with E-state index < -0.39 is 0 Å². The molecule has 0 aliphatic rings. The Labute approximate surface area is 120 Å². The van der Waals surface area contributed by atoms with E-state index in [1.807, 2.05) is 17.8 Å². The molecule has 104 valence electrons. The Bertz CT molecular complexity index is 677. The van der Waals surface area contributed by atoms with E-state index in [0.717, 1.165) is 28.6 Å². The maximum Gasteiger partial charge on any atom is 0.159 e. The number of aromatic amines is 1. The Balaban J connectivity index is 1.94. The van der Waals surface area contributed by atoms with Gasteiger partial charge in [-0.25, -0.2) is 14.6 Å². The standard InChI is InChI=1S/C13H16N6S/c1-4-11(13-16-8(2)9(3)20-13)19-7-10(17-18-19)12-14-5-6-15-12/h5-7,11H,4H2,1-3H3,(H,14,15)/t11-/m0/s1. The third-order valence-corrected chi connectivity index (χ3v) is 4.46. The van der Waals surface area contributed by atoms with Crippen molar-refractivity contribution >= 4 is 11.3 Å². The number of nitrogens with zero attached hydrogens (tertiary/aromatic N) is 5. The summed E-state index contributed by atoms with van der Waals surface area (Å²) in [6.45, 7) is 6.27. The van der Waals surface area contributed by atoms with Gasteiger partial charge < -0.3 is 4.98 Å². The van der Waals surface area contributed by atoms with Crippen molar-refractivity contribution < 1.29 is 0 Å². The van der Waals surface area contributed by atoms with Crippen LogP contribution in [-0.4, -0.2) is 29.9 Å². The Hall–Kier alpha value is -2.02. The molecule has 0 aliphatic heterocycles.